The molecular formula is C35H38ClFN4O4S. The lowest BCUT2D eigenvalue weighted by atomic mass is 10.1. The molecule has 242 valence electrons. The molecular weight excluding hydrogens is 627 g/mol. The average Bonchev–Trinajstić information content (AvgIpc) is 3.47. The summed E-state index contributed by atoms with van der Waals surface area (Å²) in [5, 5.41) is 1.26. The van der Waals surface area contributed by atoms with Crippen LogP contribution in [0.3, 0.4) is 0 Å². The first kappa shape index (κ1) is 33.4. The maximum Gasteiger partial charge on any atom is 0.148 e. The van der Waals surface area contributed by atoms with Crippen molar-refractivity contribution in [2.24, 2.45) is 0 Å². The monoisotopic (exact) mass is 664 g/mol. The second-order valence-electron chi connectivity index (χ2n) is 11.9. The van der Waals surface area contributed by atoms with Crippen LogP contribution in [0.15, 0.2) is 83.5 Å². The van der Waals surface area contributed by atoms with E-state index in [0.29, 0.717) is 41.0 Å². The predicted octanol–water partition coefficient (Wildman–Crippen LogP) is 8.06. The standard InChI is InChI=1S/C35H38ClFN4O4S/c1-23(2)40(15-16-46(5,42)43)20-29-11-14-33(45-29)26-9-12-32-30(18-26)35(39-22-38-32)41(24(3)4)28-10-13-34(31(36)19-28)44-21-25-7-6-8-27(37)17-25/h6-14,17-19,22-24H,15-16,20-21H2,1-5H3. The highest BCUT2D eigenvalue weighted by Gasteiger charge is 2.21. The van der Waals surface area contributed by atoms with Crippen LogP contribution in [-0.2, 0) is 23.0 Å². The molecule has 0 spiro atoms. The van der Waals surface area contributed by atoms with Crippen LogP contribution in [0, 0.1) is 5.82 Å². The number of nitrogens with zero attached hydrogens (tertiary/aromatic N) is 4. The molecule has 11 heteroatoms. The molecule has 0 fully saturated rings. The molecule has 0 N–H and O–H groups in total. The van der Waals surface area contributed by atoms with E-state index >= 15 is 0 Å². The van der Waals surface area contributed by atoms with Gasteiger partial charge in [0.2, 0.25) is 0 Å². The van der Waals surface area contributed by atoms with Gasteiger partial charge in [-0.2, -0.15) is 0 Å². The third-order valence-corrected chi connectivity index (χ3v) is 8.84. The second-order valence-corrected chi connectivity index (χ2v) is 14.6. The van der Waals surface area contributed by atoms with Crippen LogP contribution in [-0.4, -0.2) is 53.9 Å². The molecule has 2 heterocycles. The zero-order valence-corrected chi connectivity index (χ0v) is 28.1. The molecule has 0 aliphatic carbocycles. The number of fused-ring (bicyclic) bond motifs is 1. The number of aromatic nitrogens is 2. The molecule has 0 unspecified atom stereocenters. The van der Waals surface area contributed by atoms with Gasteiger partial charge in [-0.15, -0.1) is 0 Å². The Bertz CT molecular complexity index is 1930. The molecule has 3 aromatic carbocycles. The Balaban J connectivity index is 1.41. The Morgan fingerprint density at radius 2 is 1.76 bits per heavy atom. The van der Waals surface area contributed by atoms with Crippen LogP contribution < -0.4 is 9.64 Å². The van der Waals surface area contributed by atoms with Crippen molar-refractivity contribution < 1.29 is 22.0 Å². The summed E-state index contributed by atoms with van der Waals surface area (Å²) in [6.07, 6.45) is 2.80. The number of halogens is 2. The number of sulfone groups is 1. The topological polar surface area (TPSA) is 88.8 Å². The SMILES string of the molecule is CC(C)N(CCS(C)(=O)=O)Cc1ccc(-c2ccc3ncnc(N(c4ccc(OCc5cccc(F)c5)c(Cl)c4)C(C)C)c3c2)o1. The van der Waals surface area contributed by atoms with E-state index in [1.807, 2.05) is 62.4 Å². The van der Waals surface area contributed by atoms with Crippen molar-refractivity contribution in [3.63, 3.8) is 0 Å². The van der Waals surface area contributed by atoms with Crippen molar-refractivity contribution in [2.45, 2.75) is 52.9 Å². The summed E-state index contributed by atoms with van der Waals surface area (Å²) in [6, 6.07) is 21.8. The van der Waals surface area contributed by atoms with Gasteiger partial charge >= 0.3 is 0 Å². The zero-order chi connectivity index (χ0) is 33.0. The summed E-state index contributed by atoms with van der Waals surface area (Å²) >= 11 is 6.68. The van der Waals surface area contributed by atoms with E-state index in [4.69, 9.17) is 25.7 Å². The summed E-state index contributed by atoms with van der Waals surface area (Å²) in [7, 11) is -3.07. The molecule has 8 nitrogen and oxygen atoms in total. The molecule has 0 amide bonds. The van der Waals surface area contributed by atoms with E-state index in [1.54, 1.807) is 18.5 Å². The number of hydrogen-bond donors (Lipinski definition) is 0. The maximum atomic E-state index is 13.6. The molecule has 0 bridgehead atoms. The van der Waals surface area contributed by atoms with Crippen LogP contribution >= 0.6 is 11.6 Å². The van der Waals surface area contributed by atoms with Crippen LogP contribution in [0.2, 0.25) is 5.02 Å². The Labute approximate surface area is 274 Å². The van der Waals surface area contributed by atoms with Gasteiger partial charge in [0.1, 0.15) is 51.7 Å². The first-order valence-electron chi connectivity index (χ1n) is 15.1. The number of benzene rings is 3. The van der Waals surface area contributed by atoms with Gasteiger partial charge in [-0.25, -0.2) is 22.8 Å². The normalized spacial score (nSPS) is 12.0. The Kier molecular flexibility index (Phi) is 10.3. The number of hydrogen-bond acceptors (Lipinski definition) is 8. The van der Waals surface area contributed by atoms with Crippen molar-refractivity contribution in [3.8, 4) is 17.1 Å². The van der Waals surface area contributed by atoms with Crippen molar-refractivity contribution in [1.29, 1.82) is 0 Å². The first-order valence-corrected chi connectivity index (χ1v) is 17.5. The van der Waals surface area contributed by atoms with Gasteiger partial charge in [-0.1, -0.05) is 23.7 Å². The van der Waals surface area contributed by atoms with Crippen LogP contribution in [0.4, 0.5) is 15.9 Å². The van der Waals surface area contributed by atoms with Crippen molar-refractivity contribution in [3.05, 3.63) is 101 Å². The number of ether oxygens (including phenoxy) is 1. The van der Waals surface area contributed by atoms with Crippen LogP contribution in [0.1, 0.15) is 39.0 Å². The summed E-state index contributed by atoms with van der Waals surface area (Å²) in [5.41, 5.74) is 3.18. The molecule has 5 rings (SSSR count). The van der Waals surface area contributed by atoms with Crippen molar-refractivity contribution in [1.82, 2.24) is 14.9 Å². The molecule has 46 heavy (non-hydrogen) atoms. The summed E-state index contributed by atoms with van der Waals surface area (Å²) in [6.45, 7) is 9.34. The minimum absolute atomic E-state index is 0.0149. The highest BCUT2D eigenvalue weighted by atomic mass is 35.5. The van der Waals surface area contributed by atoms with Gasteiger partial charge in [-0.05, 0) is 93.9 Å². The Morgan fingerprint density at radius 3 is 2.46 bits per heavy atom. The van der Waals surface area contributed by atoms with Gasteiger partial charge in [-0.3, -0.25) is 4.90 Å². The highest BCUT2D eigenvalue weighted by molar-refractivity contribution is 7.90. The van der Waals surface area contributed by atoms with Gasteiger partial charge < -0.3 is 14.1 Å². The summed E-state index contributed by atoms with van der Waals surface area (Å²) < 4.78 is 49.2. The lowest BCUT2D eigenvalue weighted by Gasteiger charge is -2.29. The minimum Gasteiger partial charge on any atom is -0.487 e. The largest absolute Gasteiger partial charge is 0.487 e. The van der Waals surface area contributed by atoms with Crippen LogP contribution in [0.25, 0.3) is 22.2 Å². The van der Waals surface area contributed by atoms with Crippen molar-refractivity contribution >= 4 is 43.8 Å². The fraction of sp³-hybridized carbons (Fsp3) is 0.314. The molecule has 0 saturated carbocycles. The number of furan rings is 1. The smallest absolute Gasteiger partial charge is 0.148 e. The van der Waals surface area contributed by atoms with E-state index in [-0.39, 0.29) is 30.3 Å². The van der Waals surface area contributed by atoms with Gasteiger partial charge in [0, 0.05) is 41.5 Å². The molecule has 0 aliphatic heterocycles. The fourth-order valence-corrected chi connectivity index (χ4v) is 6.01. The zero-order valence-electron chi connectivity index (χ0n) is 26.6. The lowest BCUT2D eigenvalue weighted by Crippen LogP contribution is -2.34. The fourth-order valence-electron chi connectivity index (χ4n) is 5.22. The quantitative estimate of drug-likeness (QED) is 0.125. The third-order valence-electron chi connectivity index (χ3n) is 7.62. The van der Waals surface area contributed by atoms with Crippen LogP contribution in [0.5, 0.6) is 5.75 Å². The molecule has 0 saturated heterocycles. The predicted molar refractivity (Wildman–Crippen MR) is 182 cm³/mol. The molecule has 5 aromatic rings. The Hall–Kier alpha value is -3.99. The Morgan fingerprint density at radius 1 is 0.957 bits per heavy atom. The van der Waals surface area contributed by atoms with E-state index in [2.05, 4.69) is 28.6 Å². The molecule has 0 aliphatic rings. The second kappa shape index (κ2) is 14.2. The summed E-state index contributed by atoms with van der Waals surface area (Å²) in [4.78, 5) is 13.4. The third kappa shape index (κ3) is 8.23. The van der Waals surface area contributed by atoms with Gasteiger partial charge in [0.25, 0.3) is 0 Å². The lowest BCUT2D eigenvalue weighted by molar-refractivity contribution is 0.209. The van der Waals surface area contributed by atoms with Crippen molar-refractivity contribution in [2.75, 3.05) is 23.5 Å². The van der Waals surface area contributed by atoms with Gasteiger partial charge in [0.05, 0.1) is 22.8 Å². The molecule has 2 aromatic heterocycles. The van der Waals surface area contributed by atoms with E-state index < -0.39 is 9.84 Å². The van der Waals surface area contributed by atoms with E-state index in [0.717, 1.165) is 27.9 Å². The highest BCUT2D eigenvalue weighted by Crippen LogP contribution is 2.37. The van der Waals surface area contributed by atoms with Gasteiger partial charge in [0.15, 0.2) is 0 Å². The van der Waals surface area contributed by atoms with E-state index in [1.165, 1.54) is 18.4 Å². The maximum absolute atomic E-state index is 13.6. The number of rotatable bonds is 13. The number of anilines is 2. The minimum atomic E-state index is -3.07. The molecule has 0 atom stereocenters. The van der Waals surface area contributed by atoms with E-state index in [9.17, 15) is 12.8 Å². The summed E-state index contributed by atoms with van der Waals surface area (Å²) in [5.74, 6) is 2.42. The molecule has 0 radical (unpaired) electrons. The average molecular weight is 665 g/mol. The first-order chi connectivity index (χ1) is 21.9.